The van der Waals surface area contributed by atoms with Crippen molar-refractivity contribution in [2.75, 3.05) is 6.73 Å². The molecule has 0 aliphatic rings. The van der Waals surface area contributed by atoms with Crippen molar-refractivity contribution in [1.29, 1.82) is 0 Å². The van der Waals surface area contributed by atoms with Crippen molar-refractivity contribution in [3.8, 4) is 0 Å². The Hall–Kier alpha value is -3.18. The standard InChI is InChI=1S/C15H13N4O3/c16-18-17-11-22-15(21)13-8-4-5-9-19(13)10-14(20)12-6-2-1-3-7-12/h1-9H,10-11H2/q+1. The number of nitrogens with zero attached hydrogens (tertiary/aromatic N) is 4. The van der Waals surface area contributed by atoms with Crippen LogP contribution in [0.4, 0.5) is 0 Å². The lowest BCUT2D eigenvalue weighted by molar-refractivity contribution is -0.685. The second-order valence-electron chi connectivity index (χ2n) is 4.29. The van der Waals surface area contributed by atoms with Gasteiger partial charge in [0.25, 0.3) is 5.69 Å². The van der Waals surface area contributed by atoms with Crippen LogP contribution in [0.1, 0.15) is 20.8 Å². The highest BCUT2D eigenvalue weighted by Gasteiger charge is 2.22. The Labute approximate surface area is 126 Å². The molecule has 0 fully saturated rings. The van der Waals surface area contributed by atoms with E-state index >= 15 is 0 Å². The van der Waals surface area contributed by atoms with Crippen LogP contribution in [0.5, 0.6) is 0 Å². The van der Waals surface area contributed by atoms with Crippen molar-refractivity contribution in [3.05, 3.63) is 76.4 Å². The van der Waals surface area contributed by atoms with Crippen LogP contribution in [-0.4, -0.2) is 18.5 Å². The third-order valence-electron chi connectivity index (χ3n) is 2.88. The Morgan fingerprint density at radius 2 is 1.86 bits per heavy atom. The second kappa shape index (κ2) is 7.56. The fourth-order valence-electron chi connectivity index (χ4n) is 1.86. The molecule has 0 amide bonds. The number of azide groups is 1. The minimum Gasteiger partial charge on any atom is -0.452 e. The minimum absolute atomic E-state index is 0.0107. The van der Waals surface area contributed by atoms with E-state index in [1.54, 1.807) is 42.6 Å². The lowest BCUT2D eigenvalue weighted by atomic mass is 10.1. The van der Waals surface area contributed by atoms with Crippen molar-refractivity contribution in [2.24, 2.45) is 5.11 Å². The molecular formula is C15H13N4O3+. The first-order chi connectivity index (χ1) is 10.7. The van der Waals surface area contributed by atoms with E-state index in [2.05, 4.69) is 10.0 Å². The molecule has 22 heavy (non-hydrogen) atoms. The van der Waals surface area contributed by atoms with E-state index in [0.29, 0.717) is 5.56 Å². The van der Waals surface area contributed by atoms with Crippen LogP contribution in [-0.2, 0) is 11.3 Å². The molecule has 110 valence electrons. The van der Waals surface area contributed by atoms with E-state index < -0.39 is 12.7 Å². The number of rotatable bonds is 6. The first-order valence-corrected chi connectivity index (χ1v) is 6.47. The number of carbonyl (C=O) groups excluding carboxylic acids is 2. The van der Waals surface area contributed by atoms with E-state index in [1.165, 1.54) is 10.6 Å². The zero-order valence-electron chi connectivity index (χ0n) is 11.6. The molecule has 0 spiro atoms. The summed E-state index contributed by atoms with van der Waals surface area (Å²) >= 11 is 0. The molecule has 0 atom stereocenters. The van der Waals surface area contributed by atoms with Crippen molar-refractivity contribution in [2.45, 2.75) is 6.54 Å². The van der Waals surface area contributed by atoms with E-state index in [4.69, 9.17) is 10.3 Å². The van der Waals surface area contributed by atoms with Crippen LogP contribution in [0.3, 0.4) is 0 Å². The van der Waals surface area contributed by atoms with Crippen molar-refractivity contribution < 1.29 is 18.9 Å². The number of esters is 1. The van der Waals surface area contributed by atoms with Gasteiger partial charge >= 0.3 is 5.97 Å². The summed E-state index contributed by atoms with van der Waals surface area (Å²) in [6, 6.07) is 13.7. The molecule has 0 saturated carbocycles. The highest BCUT2D eigenvalue weighted by atomic mass is 16.5. The van der Waals surface area contributed by atoms with E-state index in [0.717, 1.165) is 0 Å². The summed E-state index contributed by atoms with van der Waals surface area (Å²) in [6.45, 7) is -0.381. The average molecular weight is 297 g/mol. The number of hydrogen-bond acceptors (Lipinski definition) is 4. The van der Waals surface area contributed by atoms with Gasteiger partial charge in [-0.15, -0.1) is 0 Å². The van der Waals surface area contributed by atoms with E-state index in [1.807, 2.05) is 6.07 Å². The maximum Gasteiger partial charge on any atom is 0.403 e. The maximum absolute atomic E-state index is 12.2. The highest BCUT2D eigenvalue weighted by Crippen LogP contribution is 2.02. The molecule has 1 aromatic heterocycles. The third-order valence-corrected chi connectivity index (χ3v) is 2.88. The molecule has 2 aromatic rings. The number of hydrogen-bond donors (Lipinski definition) is 0. The number of pyridine rings is 1. The van der Waals surface area contributed by atoms with Gasteiger partial charge in [0.1, 0.15) is 0 Å². The number of Topliss-reactive ketones (excluding diaryl/α,β-unsaturated/α-hetero) is 1. The van der Waals surface area contributed by atoms with Gasteiger partial charge in [-0.25, -0.2) is 4.79 Å². The normalized spacial score (nSPS) is 9.64. The SMILES string of the molecule is [N-]=[N+]=NCOC(=O)c1cccc[n+]1CC(=O)c1ccccc1. The average Bonchev–Trinajstić information content (AvgIpc) is 2.56. The van der Waals surface area contributed by atoms with Crippen molar-refractivity contribution in [3.63, 3.8) is 0 Å². The Morgan fingerprint density at radius 1 is 1.14 bits per heavy atom. The molecule has 0 aliphatic carbocycles. The van der Waals surface area contributed by atoms with Gasteiger partial charge in [-0.05, 0) is 11.6 Å². The maximum atomic E-state index is 12.2. The Balaban J connectivity index is 2.16. The fraction of sp³-hybridized carbons (Fsp3) is 0.133. The number of benzene rings is 1. The minimum atomic E-state index is -0.658. The van der Waals surface area contributed by atoms with Gasteiger partial charge in [-0.2, -0.15) is 4.57 Å². The van der Waals surface area contributed by atoms with Crippen LogP contribution in [0.15, 0.2) is 59.8 Å². The molecule has 0 radical (unpaired) electrons. The van der Waals surface area contributed by atoms with Crippen molar-refractivity contribution in [1.82, 2.24) is 0 Å². The van der Waals surface area contributed by atoms with Gasteiger partial charge in [0, 0.05) is 22.6 Å². The van der Waals surface area contributed by atoms with Crippen LogP contribution in [0, 0.1) is 0 Å². The molecule has 0 N–H and O–H groups in total. The summed E-state index contributed by atoms with van der Waals surface area (Å²) in [6.07, 6.45) is 1.62. The quantitative estimate of drug-likeness (QED) is 0.204. The Bertz CT molecular complexity index is 725. The van der Waals surface area contributed by atoms with Crippen LogP contribution in [0.25, 0.3) is 10.4 Å². The van der Waals surface area contributed by atoms with E-state index in [9.17, 15) is 9.59 Å². The van der Waals surface area contributed by atoms with Gasteiger partial charge in [-0.3, -0.25) is 4.79 Å². The predicted octanol–water partition coefficient (Wildman–Crippen LogP) is 2.28. The summed E-state index contributed by atoms with van der Waals surface area (Å²) < 4.78 is 6.30. The van der Waals surface area contributed by atoms with E-state index in [-0.39, 0.29) is 18.0 Å². The summed E-state index contributed by atoms with van der Waals surface area (Å²) in [5.74, 6) is -0.783. The summed E-state index contributed by atoms with van der Waals surface area (Å²) in [4.78, 5) is 26.6. The molecule has 7 heteroatoms. The Kier molecular flexibility index (Phi) is 5.23. The second-order valence-corrected chi connectivity index (χ2v) is 4.29. The molecule has 1 heterocycles. The molecule has 2 rings (SSSR count). The van der Waals surface area contributed by atoms with Crippen LogP contribution >= 0.6 is 0 Å². The molecule has 0 unspecified atom stereocenters. The summed E-state index contributed by atoms with van der Waals surface area (Å²) in [7, 11) is 0. The van der Waals surface area contributed by atoms with Gasteiger partial charge in [0.05, 0.1) is 0 Å². The molecular weight excluding hydrogens is 284 g/mol. The molecule has 0 aliphatic heterocycles. The zero-order valence-corrected chi connectivity index (χ0v) is 11.6. The van der Waals surface area contributed by atoms with Crippen LogP contribution < -0.4 is 4.57 Å². The van der Waals surface area contributed by atoms with Gasteiger partial charge in [0.15, 0.2) is 12.9 Å². The molecule has 1 aromatic carbocycles. The van der Waals surface area contributed by atoms with Gasteiger partial charge in [0.2, 0.25) is 12.3 Å². The number of ether oxygens (including phenoxy) is 1. The number of aromatic nitrogens is 1. The lowest BCUT2D eigenvalue weighted by Crippen LogP contribution is -2.43. The number of ketones is 1. The Morgan fingerprint density at radius 3 is 2.59 bits per heavy atom. The van der Waals surface area contributed by atoms with Gasteiger partial charge in [-0.1, -0.05) is 35.4 Å². The van der Waals surface area contributed by atoms with Crippen molar-refractivity contribution >= 4 is 11.8 Å². The molecule has 0 bridgehead atoms. The first-order valence-electron chi connectivity index (χ1n) is 6.47. The number of carbonyl (C=O) groups is 2. The zero-order chi connectivity index (χ0) is 15.8. The predicted molar refractivity (Wildman–Crippen MR) is 76.8 cm³/mol. The highest BCUT2D eigenvalue weighted by molar-refractivity contribution is 5.95. The third kappa shape index (κ3) is 3.91. The lowest BCUT2D eigenvalue weighted by Gasteiger charge is -2.03. The largest absolute Gasteiger partial charge is 0.452 e. The summed E-state index contributed by atoms with van der Waals surface area (Å²) in [5, 5.41) is 3.14. The topological polar surface area (TPSA) is 96.0 Å². The smallest absolute Gasteiger partial charge is 0.403 e. The molecule has 7 nitrogen and oxygen atoms in total. The fourth-order valence-corrected chi connectivity index (χ4v) is 1.86. The molecule has 0 saturated heterocycles. The van der Waals surface area contributed by atoms with Gasteiger partial charge < -0.3 is 4.74 Å². The van der Waals surface area contributed by atoms with Crippen LogP contribution in [0.2, 0.25) is 0 Å². The first kappa shape index (κ1) is 15.2. The monoisotopic (exact) mass is 297 g/mol. The summed E-state index contributed by atoms with van der Waals surface area (Å²) in [5.41, 5.74) is 8.94.